The van der Waals surface area contributed by atoms with E-state index in [1.54, 1.807) is 0 Å². The molecule has 5 N–H and O–H groups in total. The first-order chi connectivity index (χ1) is 7.52. The van der Waals surface area contributed by atoms with Gasteiger partial charge in [-0.15, -0.1) is 0 Å². The maximum atomic E-state index is 9.78. The summed E-state index contributed by atoms with van der Waals surface area (Å²) in [5.74, 6) is -1.62. The first-order valence-electron chi connectivity index (χ1n) is 4.38. The molecule has 2 rings (SSSR count). The van der Waals surface area contributed by atoms with Gasteiger partial charge in [-0.3, -0.25) is 0 Å². The zero-order valence-electron chi connectivity index (χ0n) is 8.02. The second-order valence-corrected chi connectivity index (χ2v) is 3.19. The van der Waals surface area contributed by atoms with E-state index in [0.717, 1.165) is 33.4 Å². The lowest BCUT2D eigenvalue weighted by Crippen LogP contribution is -2.15. The summed E-state index contributed by atoms with van der Waals surface area (Å²) in [6.45, 7) is 0. The van der Waals surface area contributed by atoms with Crippen LogP contribution in [0.5, 0.6) is 23.5 Å². The highest BCUT2D eigenvalue weighted by molar-refractivity contribution is 5.28. The number of nitrogens with zero attached hydrogens (tertiary/aromatic N) is 2. The van der Waals surface area contributed by atoms with Crippen molar-refractivity contribution in [2.45, 2.75) is 6.35 Å². The Morgan fingerprint density at radius 1 is 0.688 bits per heavy atom. The fourth-order valence-corrected chi connectivity index (χ4v) is 1.44. The zero-order valence-corrected chi connectivity index (χ0v) is 8.02. The number of rotatable bonds is 2. The molecule has 2 heterocycles. The molecule has 0 atom stereocenters. The molecule has 0 aliphatic heterocycles. The third-order valence-corrected chi connectivity index (χ3v) is 2.21. The molecule has 0 spiro atoms. The summed E-state index contributed by atoms with van der Waals surface area (Å²) in [6.07, 6.45) is -1.65. The lowest BCUT2D eigenvalue weighted by atomic mass is 10.6. The SMILES string of the molecule is Oc1ccc(O)n1C(O)n1c(O)ccc1O. The second-order valence-electron chi connectivity index (χ2n) is 3.19. The van der Waals surface area contributed by atoms with Crippen molar-refractivity contribution < 1.29 is 25.5 Å². The van der Waals surface area contributed by atoms with E-state index in [1.807, 2.05) is 0 Å². The number of aromatic hydroxyl groups is 4. The minimum atomic E-state index is -1.65. The number of hydrogen-bond donors (Lipinski definition) is 5. The Morgan fingerprint density at radius 2 is 0.938 bits per heavy atom. The van der Waals surface area contributed by atoms with Crippen LogP contribution in [0.15, 0.2) is 24.3 Å². The van der Waals surface area contributed by atoms with E-state index in [-0.39, 0.29) is 0 Å². The van der Waals surface area contributed by atoms with Crippen molar-refractivity contribution >= 4 is 0 Å². The van der Waals surface area contributed by atoms with E-state index in [0.29, 0.717) is 0 Å². The van der Waals surface area contributed by atoms with Crippen LogP contribution in [0.4, 0.5) is 0 Å². The molecule has 0 bridgehead atoms. The van der Waals surface area contributed by atoms with Crippen LogP contribution in [-0.4, -0.2) is 34.7 Å². The van der Waals surface area contributed by atoms with Gasteiger partial charge < -0.3 is 25.5 Å². The number of aromatic nitrogens is 2. The predicted molar refractivity (Wildman–Crippen MR) is 52.2 cm³/mol. The smallest absolute Gasteiger partial charge is 0.225 e. The molecule has 0 radical (unpaired) electrons. The second kappa shape index (κ2) is 3.38. The molecule has 86 valence electrons. The Morgan fingerprint density at radius 3 is 1.19 bits per heavy atom. The molecule has 0 aromatic carbocycles. The van der Waals surface area contributed by atoms with E-state index in [1.165, 1.54) is 0 Å². The molecule has 0 amide bonds. The van der Waals surface area contributed by atoms with Gasteiger partial charge in [0.15, 0.2) is 23.5 Å². The highest BCUT2D eigenvalue weighted by Crippen LogP contribution is 2.32. The van der Waals surface area contributed by atoms with Gasteiger partial charge in [-0.25, -0.2) is 9.13 Å². The zero-order chi connectivity index (χ0) is 11.9. The van der Waals surface area contributed by atoms with Gasteiger partial charge in [0.2, 0.25) is 6.35 Å². The molecule has 0 aliphatic rings. The molecule has 2 aromatic heterocycles. The standard InChI is InChI=1S/C9H10N2O5/c12-5-1-2-6(13)10(5)9(16)11-7(14)3-4-8(11)15/h1-4,9,12-16H. The Kier molecular flexibility index (Phi) is 2.17. The first-order valence-corrected chi connectivity index (χ1v) is 4.38. The number of aliphatic hydroxyl groups excluding tert-OH is 1. The molecule has 0 aliphatic carbocycles. The summed E-state index contributed by atoms with van der Waals surface area (Å²) >= 11 is 0. The van der Waals surface area contributed by atoms with E-state index in [2.05, 4.69) is 0 Å². The summed E-state index contributed by atoms with van der Waals surface area (Å²) in [4.78, 5) is 0. The fraction of sp³-hybridized carbons (Fsp3) is 0.111. The van der Waals surface area contributed by atoms with Crippen LogP contribution < -0.4 is 0 Å². The van der Waals surface area contributed by atoms with E-state index >= 15 is 0 Å². The lowest BCUT2D eigenvalue weighted by Gasteiger charge is -2.17. The monoisotopic (exact) mass is 226 g/mol. The third-order valence-electron chi connectivity index (χ3n) is 2.21. The summed E-state index contributed by atoms with van der Waals surface area (Å²) in [5.41, 5.74) is 0. The summed E-state index contributed by atoms with van der Waals surface area (Å²) in [7, 11) is 0. The topological polar surface area (TPSA) is 111 Å². The molecule has 2 aromatic rings. The van der Waals surface area contributed by atoms with Crippen LogP contribution in [-0.2, 0) is 0 Å². The molecule has 16 heavy (non-hydrogen) atoms. The number of hydrogen-bond acceptors (Lipinski definition) is 5. The van der Waals surface area contributed by atoms with Crippen LogP contribution in [0.25, 0.3) is 0 Å². The van der Waals surface area contributed by atoms with Gasteiger partial charge in [-0.2, -0.15) is 0 Å². The maximum Gasteiger partial charge on any atom is 0.225 e. The summed E-state index contributed by atoms with van der Waals surface area (Å²) < 4.78 is 1.44. The van der Waals surface area contributed by atoms with Crippen molar-refractivity contribution in [2.24, 2.45) is 0 Å². The summed E-state index contributed by atoms with van der Waals surface area (Å²) in [6, 6.07) is 4.65. The highest BCUT2D eigenvalue weighted by atomic mass is 16.4. The lowest BCUT2D eigenvalue weighted by molar-refractivity contribution is 0.0459. The van der Waals surface area contributed by atoms with Crippen LogP contribution in [0.2, 0.25) is 0 Å². The van der Waals surface area contributed by atoms with Crippen molar-refractivity contribution in [2.75, 3.05) is 0 Å². The summed E-state index contributed by atoms with van der Waals surface area (Å²) in [5, 5.41) is 47.2. The number of aliphatic hydroxyl groups is 1. The van der Waals surface area contributed by atoms with Gasteiger partial charge in [-0.05, 0) is 0 Å². The Labute approximate surface area is 89.7 Å². The predicted octanol–water partition coefficient (Wildman–Crippen LogP) is 0.109. The van der Waals surface area contributed by atoms with Crippen molar-refractivity contribution in [3.8, 4) is 23.5 Å². The quantitative estimate of drug-likeness (QED) is 0.499. The van der Waals surface area contributed by atoms with Gasteiger partial charge >= 0.3 is 0 Å². The minimum Gasteiger partial charge on any atom is -0.494 e. The van der Waals surface area contributed by atoms with Gasteiger partial charge in [0.25, 0.3) is 0 Å². The van der Waals surface area contributed by atoms with E-state index in [9.17, 15) is 25.5 Å². The van der Waals surface area contributed by atoms with Gasteiger partial charge in [0, 0.05) is 24.3 Å². The molecule has 0 saturated carbocycles. The highest BCUT2D eigenvalue weighted by Gasteiger charge is 2.21. The van der Waals surface area contributed by atoms with Crippen LogP contribution in [0, 0.1) is 0 Å². The molecular weight excluding hydrogens is 216 g/mol. The van der Waals surface area contributed by atoms with Gasteiger partial charge in [0.05, 0.1) is 0 Å². The normalized spacial score (nSPS) is 11.1. The fourth-order valence-electron chi connectivity index (χ4n) is 1.44. The van der Waals surface area contributed by atoms with E-state index in [4.69, 9.17) is 0 Å². The van der Waals surface area contributed by atoms with Crippen LogP contribution in [0.1, 0.15) is 6.35 Å². The minimum absolute atomic E-state index is 0.405. The maximum absolute atomic E-state index is 9.78. The Balaban J connectivity index is 2.51. The molecule has 0 fully saturated rings. The molecule has 0 unspecified atom stereocenters. The molecular formula is C9H10N2O5. The van der Waals surface area contributed by atoms with Crippen molar-refractivity contribution in [1.29, 1.82) is 0 Å². The Bertz CT molecular complexity index is 431. The van der Waals surface area contributed by atoms with Crippen molar-refractivity contribution in [3.63, 3.8) is 0 Å². The molecule has 7 heteroatoms. The van der Waals surface area contributed by atoms with Crippen molar-refractivity contribution in [3.05, 3.63) is 24.3 Å². The third kappa shape index (κ3) is 1.34. The van der Waals surface area contributed by atoms with Crippen LogP contribution in [0.3, 0.4) is 0 Å². The molecule has 7 nitrogen and oxygen atoms in total. The van der Waals surface area contributed by atoms with Gasteiger partial charge in [0.1, 0.15) is 0 Å². The van der Waals surface area contributed by atoms with Gasteiger partial charge in [-0.1, -0.05) is 0 Å². The Hall–Kier alpha value is -2.28. The largest absolute Gasteiger partial charge is 0.494 e. The van der Waals surface area contributed by atoms with Crippen LogP contribution >= 0.6 is 0 Å². The van der Waals surface area contributed by atoms with E-state index < -0.39 is 29.9 Å². The first kappa shape index (κ1) is 10.2. The average molecular weight is 226 g/mol. The van der Waals surface area contributed by atoms with Crippen molar-refractivity contribution in [1.82, 2.24) is 9.13 Å². The average Bonchev–Trinajstić information content (AvgIpc) is 2.71. The molecule has 0 saturated heterocycles.